The summed E-state index contributed by atoms with van der Waals surface area (Å²) < 4.78 is 62.2. The molecule has 5 nitrogen and oxygen atoms in total. The number of halogens is 6. The van der Waals surface area contributed by atoms with Crippen LogP contribution >= 0.6 is 31.9 Å². The lowest BCUT2D eigenvalue weighted by Crippen LogP contribution is -2.12. The summed E-state index contributed by atoms with van der Waals surface area (Å²) in [5.41, 5.74) is 0.654. The molecule has 0 aliphatic carbocycles. The summed E-state index contributed by atoms with van der Waals surface area (Å²) in [6.07, 6.45) is 0.406. The van der Waals surface area contributed by atoms with E-state index in [0.29, 0.717) is 35.9 Å². The molecule has 0 saturated heterocycles. The predicted octanol–water partition coefficient (Wildman–Crippen LogP) is 10.1. The van der Waals surface area contributed by atoms with Gasteiger partial charge in [0, 0.05) is 80.2 Å². The van der Waals surface area contributed by atoms with Crippen molar-refractivity contribution in [3.8, 4) is 22.8 Å². The van der Waals surface area contributed by atoms with Crippen molar-refractivity contribution in [1.29, 1.82) is 0 Å². The lowest BCUT2D eigenvalue weighted by Gasteiger charge is -2.18. The molecule has 0 aliphatic heterocycles. The first-order chi connectivity index (χ1) is 22.2. The van der Waals surface area contributed by atoms with Crippen LogP contribution in [0, 0.1) is 0 Å². The molecule has 0 N–H and O–H groups in total. The van der Waals surface area contributed by atoms with E-state index in [9.17, 15) is 22.4 Å². The predicted molar refractivity (Wildman–Crippen MR) is 175 cm³/mol. The smallest absolute Gasteiger partial charge is 0.265 e. The highest BCUT2D eigenvalue weighted by molar-refractivity contribution is 9.11. The van der Waals surface area contributed by atoms with Crippen LogP contribution in [-0.4, -0.2) is 24.9 Å². The van der Waals surface area contributed by atoms with Gasteiger partial charge in [-0.05, 0) is 67.3 Å². The second-order valence-electron chi connectivity index (χ2n) is 10.4. The van der Waals surface area contributed by atoms with Crippen LogP contribution < -0.4 is 0 Å². The van der Waals surface area contributed by atoms with Crippen LogP contribution in [0.4, 0.5) is 17.6 Å². The number of benzene rings is 4. The molecule has 2 aromatic heterocycles. The Kier molecular flexibility index (Phi) is 9.32. The number of nitrogens with zero attached hydrogens (tertiary/aromatic N) is 4. The Labute approximate surface area is 278 Å². The van der Waals surface area contributed by atoms with Crippen LogP contribution in [0.2, 0.25) is 0 Å². The van der Waals surface area contributed by atoms with Crippen molar-refractivity contribution in [2.75, 3.05) is 0 Å². The highest BCUT2D eigenvalue weighted by Gasteiger charge is 2.30. The normalized spacial score (nSPS) is 11.5. The third-order valence-electron chi connectivity index (χ3n) is 7.59. The standard InChI is InChI=1S/C35H24Br2F4N4O/c36-29-25(34-42-15-17-44(34)19-21-7-3-1-4-8-21)13-11-23(27(29)32(38)39)31(46)24-12-14-26(30(37)28(24)33(40)41)35-43-16-18-45(35)20-22-9-5-2-6-10-22/h1-18,32-33H,19-20H2. The zero-order valence-electron chi connectivity index (χ0n) is 23.9. The van der Waals surface area contributed by atoms with Crippen molar-refractivity contribution in [2.45, 2.75) is 25.9 Å². The summed E-state index contributed by atoms with van der Waals surface area (Å²) in [5.74, 6) is -0.142. The van der Waals surface area contributed by atoms with Gasteiger partial charge < -0.3 is 9.13 Å². The van der Waals surface area contributed by atoms with E-state index in [1.165, 1.54) is 24.3 Å². The lowest BCUT2D eigenvalue weighted by atomic mass is 9.92. The van der Waals surface area contributed by atoms with Gasteiger partial charge in [-0.25, -0.2) is 27.5 Å². The van der Waals surface area contributed by atoms with Gasteiger partial charge in [-0.3, -0.25) is 4.79 Å². The second-order valence-corrected chi connectivity index (χ2v) is 12.0. The molecule has 2 heterocycles. The number of aromatic nitrogens is 4. The molecule has 0 spiro atoms. The van der Waals surface area contributed by atoms with Crippen LogP contribution in [0.1, 0.15) is 51.0 Å². The fourth-order valence-corrected chi connectivity index (χ4v) is 6.81. The summed E-state index contributed by atoms with van der Waals surface area (Å²) in [7, 11) is 0. The van der Waals surface area contributed by atoms with Gasteiger partial charge in [0.25, 0.3) is 12.9 Å². The van der Waals surface area contributed by atoms with E-state index in [4.69, 9.17) is 0 Å². The number of imidazole rings is 2. The Balaban J connectivity index is 1.39. The quantitative estimate of drug-likeness (QED) is 0.103. The van der Waals surface area contributed by atoms with E-state index < -0.39 is 29.8 Å². The highest BCUT2D eigenvalue weighted by atomic mass is 79.9. The Morgan fingerprint density at radius 3 is 1.37 bits per heavy atom. The summed E-state index contributed by atoms with van der Waals surface area (Å²) in [6.45, 7) is 0.879. The number of hydrogen-bond acceptors (Lipinski definition) is 3. The average Bonchev–Trinajstić information content (AvgIpc) is 3.70. The topological polar surface area (TPSA) is 52.7 Å². The maximum atomic E-state index is 14.7. The number of alkyl halides is 4. The average molecular weight is 752 g/mol. The van der Waals surface area contributed by atoms with Crippen molar-refractivity contribution < 1.29 is 22.4 Å². The van der Waals surface area contributed by atoms with Gasteiger partial charge in [0.1, 0.15) is 11.6 Å². The van der Waals surface area contributed by atoms with Crippen molar-refractivity contribution in [3.63, 3.8) is 0 Å². The molecule has 0 amide bonds. The largest absolute Gasteiger partial charge is 0.327 e. The molecule has 0 unspecified atom stereocenters. The summed E-state index contributed by atoms with van der Waals surface area (Å²) >= 11 is 6.59. The minimum atomic E-state index is -3.09. The first kappa shape index (κ1) is 31.6. The number of ketones is 1. The molecule has 0 radical (unpaired) electrons. The molecule has 6 aromatic rings. The first-order valence-electron chi connectivity index (χ1n) is 14.1. The lowest BCUT2D eigenvalue weighted by molar-refractivity contribution is 0.101. The maximum absolute atomic E-state index is 14.7. The maximum Gasteiger partial charge on any atom is 0.265 e. The number of hydrogen-bond donors (Lipinski definition) is 0. The van der Waals surface area contributed by atoms with Crippen molar-refractivity contribution in [3.05, 3.63) is 152 Å². The van der Waals surface area contributed by atoms with Crippen LogP contribution in [-0.2, 0) is 13.1 Å². The fourth-order valence-electron chi connectivity index (χ4n) is 5.42. The fraction of sp³-hybridized carbons (Fsp3) is 0.114. The van der Waals surface area contributed by atoms with E-state index in [-0.39, 0.29) is 20.1 Å². The van der Waals surface area contributed by atoms with Gasteiger partial charge in [-0.15, -0.1) is 0 Å². The molecule has 0 atom stereocenters. The molecule has 46 heavy (non-hydrogen) atoms. The third kappa shape index (κ3) is 6.21. The molecule has 6 rings (SSSR count). The molecular formula is C35H24Br2F4N4O. The molecular weight excluding hydrogens is 728 g/mol. The Morgan fingerprint density at radius 2 is 1.00 bits per heavy atom. The summed E-state index contributed by atoms with van der Waals surface area (Å²) in [6, 6.07) is 24.6. The van der Waals surface area contributed by atoms with Crippen molar-refractivity contribution in [1.82, 2.24) is 19.1 Å². The monoisotopic (exact) mass is 750 g/mol. The number of rotatable bonds is 10. The number of carbonyl (C=O) groups excluding carboxylic acids is 1. The summed E-state index contributed by atoms with van der Waals surface area (Å²) in [5, 5.41) is 0. The Morgan fingerprint density at radius 1 is 0.609 bits per heavy atom. The first-order valence-corrected chi connectivity index (χ1v) is 15.7. The van der Waals surface area contributed by atoms with E-state index in [1.807, 2.05) is 60.7 Å². The second kappa shape index (κ2) is 13.6. The van der Waals surface area contributed by atoms with Crippen LogP contribution in [0.15, 0.2) is 119 Å². The minimum Gasteiger partial charge on any atom is -0.327 e. The SMILES string of the molecule is O=C(c1ccc(-c2nccn2Cc2ccccc2)c(Br)c1C(F)F)c1ccc(-c2nccn2Cc2ccccc2)c(Br)c1C(F)F. The molecule has 232 valence electrons. The van der Waals surface area contributed by atoms with Crippen molar-refractivity contribution >= 4 is 37.6 Å². The van der Waals surface area contributed by atoms with Crippen LogP contribution in [0.5, 0.6) is 0 Å². The zero-order chi connectivity index (χ0) is 32.4. The van der Waals surface area contributed by atoms with Crippen LogP contribution in [0.3, 0.4) is 0 Å². The van der Waals surface area contributed by atoms with Gasteiger partial charge in [0.05, 0.1) is 0 Å². The molecule has 4 aromatic carbocycles. The molecule has 0 saturated carbocycles. The zero-order valence-corrected chi connectivity index (χ0v) is 27.1. The molecule has 0 bridgehead atoms. The summed E-state index contributed by atoms with van der Waals surface area (Å²) in [4.78, 5) is 22.6. The van der Waals surface area contributed by atoms with Gasteiger partial charge in [-0.2, -0.15) is 0 Å². The molecule has 11 heteroatoms. The van der Waals surface area contributed by atoms with E-state index in [2.05, 4.69) is 41.8 Å². The molecule has 0 fully saturated rings. The number of carbonyl (C=O) groups is 1. The van der Waals surface area contributed by atoms with E-state index >= 15 is 0 Å². The van der Waals surface area contributed by atoms with Gasteiger partial charge >= 0.3 is 0 Å². The van der Waals surface area contributed by atoms with E-state index in [1.54, 1.807) is 33.9 Å². The van der Waals surface area contributed by atoms with Crippen molar-refractivity contribution in [2.24, 2.45) is 0 Å². The van der Waals surface area contributed by atoms with Gasteiger partial charge in [0.2, 0.25) is 0 Å². The highest BCUT2D eigenvalue weighted by Crippen LogP contribution is 2.42. The van der Waals surface area contributed by atoms with Crippen LogP contribution in [0.25, 0.3) is 22.8 Å². The molecule has 0 aliphatic rings. The minimum absolute atomic E-state index is 0.0360. The Hall–Kier alpha value is -4.35. The van der Waals surface area contributed by atoms with Gasteiger partial charge in [-0.1, -0.05) is 60.7 Å². The Bertz CT molecular complexity index is 1870. The third-order valence-corrected chi connectivity index (χ3v) is 9.30. The van der Waals surface area contributed by atoms with Gasteiger partial charge in [0.15, 0.2) is 5.78 Å². The van der Waals surface area contributed by atoms with E-state index in [0.717, 1.165) is 11.1 Å².